The Kier molecular flexibility index (Phi) is 5.22. The lowest BCUT2D eigenvalue weighted by molar-refractivity contribution is -0.141. The molecular formula is C16H17ClF3N3O. The highest BCUT2D eigenvalue weighted by molar-refractivity contribution is 6.31. The molecule has 1 N–H and O–H groups in total. The van der Waals surface area contributed by atoms with Gasteiger partial charge in [-0.3, -0.25) is 9.48 Å². The summed E-state index contributed by atoms with van der Waals surface area (Å²) in [5.41, 5.74) is 0.695. The SMILES string of the molecule is Cc1c(Cl)cccc1NC(=O)[C@H](C)Cn1nc(C(F)(F)F)cc1C. The number of halogens is 4. The lowest BCUT2D eigenvalue weighted by atomic mass is 10.1. The number of anilines is 1. The second-order valence-electron chi connectivity index (χ2n) is 5.65. The minimum absolute atomic E-state index is 0.0490. The number of carbonyl (C=O) groups excluding carboxylic acids is 1. The van der Waals surface area contributed by atoms with Gasteiger partial charge in [0.25, 0.3) is 0 Å². The smallest absolute Gasteiger partial charge is 0.326 e. The zero-order chi connectivity index (χ0) is 18.1. The number of nitrogens with zero attached hydrogens (tertiary/aromatic N) is 2. The van der Waals surface area contributed by atoms with E-state index in [4.69, 9.17) is 11.6 Å². The van der Waals surface area contributed by atoms with Crippen molar-refractivity contribution in [2.75, 3.05) is 5.32 Å². The van der Waals surface area contributed by atoms with Gasteiger partial charge in [-0.25, -0.2) is 0 Å². The molecule has 0 aliphatic carbocycles. The molecule has 130 valence electrons. The Morgan fingerprint density at radius 1 is 1.38 bits per heavy atom. The molecule has 0 saturated carbocycles. The summed E-state index contributed by atoms with van der Waals surface area (Å²) in [6, 6.07) is 6.10. The number of aromatic nitrogens is 2. The van der Waals surface area contributed by atoms with Gasteiger partial charge in [0.05, 0.1) is 12.5 Å². The average molecular weight is 360 g/mol. The molecule has 0 unspecified atom stereocenters. The van der Waals surface area contributed by atoms with Crippen molar-refractivity contribution in [3.8, 4) is 0 Å². The van der Waals surface area contributed by atoms with Crippen LogP contribution in [0.25, 0.3) is 0 Å². The number of benzene rings is 1. The van der Waals surface area contributed by atoms with E-state index in [0.29, 0.717) is 16.4 Å². The molecule has 0 fully saturated rings. The maximum Gasteiger partial charge on any atom is 0.435 e. The summed E-state index contributed by atoms with van der Waals surface area (Å²) in [7, 11) is 0. The molecule has 0 spiro atoms. The average Bonchev–Trinajstić information content (AvgIpc) is 2.85. The Balaban J connectivity index is 2.09. The van der Waals surface area contributed by atoms with Crippen LogP contribution in [0, 0.1) is 19.8 Å². The molecular weight excluding hydrogens is 343 g/mol. The maximum atomic E-state index is 12.7. The standard InChI is InChI=1S/C16H17ClF3N3O/c1-9(8-23-10(2)7-14(22-23)16(18,19)20)15(24)21-13-6-4-5-12(17)11(13)3/h4-7,9H,8H2,1-3H3,(H,21,24)/t9-/m1/s1. The van der Waals surface area contributed by atoms with Crippen LogP contribution in [0.15, 0.2) is 24.3 Å². The predicted octanol–water partition coefficient (Wildman–Crippen LogP) is 4.45. The predicted molar refractivity (Wildman–Crippen MR) is 85.9 cm³/mol. The zero-order valence-electron chi connectivity index (χ0n) is 13.4. The first kappa shape index (κ1) is 18.3. The van der Waals surface area contributed by atoms with Gasteiger partial charge in [-0.05, 0) is 37.6 Å². The summed E-state index contributed by atoms with van der Waals surface area (Å²) in [5, 5.41) is 6.80. The van der Waals surface area contributed by atoms with E-state index in [-0.39, 0.29) is 12.5 Å². The van der Waals surface area contributed by atoms with Crippen LogP contribution < -0.4 is 5.32 Å². The minimum atomic E-state index is -4.50. The van der Waals surface area contributed by atoms with Crippen LogP contribution in [0.4, 0.5) is 18.9 Å². The van der Waals surface area contributed by atoms with Gasteiger partial charge in [0, 0.05) is 16.4 Å². The fourth-order valence-electron chi connectivity index (χ4n) is 2.17. The molecule has 0 aliphatic heterocycles. The van der Waals surface area contributed by atoms with Crippen molar-refractivity contribution in [3.63, 3.8) is 0 Å². The normalized spacial score (nSPS) is 13.0. The Hall–Kier alpha value is -2.02. The lowest BCUT2D eigenvalue weighted by Gasteiger charge is -2.15. The van der Waals surface area contributed by atoms with Crippen molar-refractivity contribution in [2.24, 2.45) is 5.92 Å². The molecule has 1 amide bonds. The van der Waals surface area contributed by atoms with Gasteiger partial charge in [-0.2, -0.15) is 18.3 Å². The Morgan fingerprint density at radius 3 is 2.62 bits per heavy atom. The van der Waals surface area contributed by atoms with Crippen LogP contribution in [0.2, 0.25) is 5.02 Å². The Labute approximate surface area is 142 Å². The first-order valence-electron chi connectivity index (χ1n) is 7.27. The molecule has 2 rings (SSSR count). The van der Waals surface area contributed by atoms with E-state index >= 15 is 0 Å². The van der Waals surface area contributed by atoms with Crippen LogP contribution >= 0.6 is 11.6 Å². The molecule has 24 heavy (non-hydrogen) atoms. The number of alkyl halides is 3. The van der Waals surface area contributed by atoms with Gasteiger partial charge in [-0.15, -0.1) is 0 Å². The molecule has 4 nitrogen and oxygen atoms in total. The number of hydrogen-bond acceptors (Lipinski definition) is 2. The number of rotatable bonds is 4. The molecule has 0 radical (unpaired) electrons. The first-order chi connectivity index (χ1) is 11.1. The summed E-state index contributed by atoms with van der Waals surface area (Å²) in [5.74, 6) is -0.883. The van der Waals surface area contributed by atoms with Crippen LogP contribution in [-0.2, 0) is 17.5 Å². The molecule has 1 heterocycles. The summed E-state index contributed by atoms with van der Waals surface area (Å²) >= 11 is 6.00. The maximum absolute atomic E-state index is 12.7. The van der Waals surface area contributed by atoms with E-state index in [1.54, 1.807) is 32.0 Å². The van der Waals surface area contributed by atoms with E-state index in [1.165, 1.54) is 11.6 Å². The van der Waals surface area contributed by atoms with Gasteiger partial charge in [0.2, 0.25) is 5.91 Å². The quantitative estimate of drug-likeness (QED) is 0.876. The molecule has 1 aromatic heterocycles. The lowest BCUT2D eigenvalue weighted by Crippen LogP contribution is -2.25. The van der Waals surface area contributed by atoms with Crippen LogP contribution in [0.5, 0.6) is 0 Å². The van der Waals surface area contributed by atoms with Gasteiger partial charge in [0.15, 0.2) is 5.69 Å². The van der Waals surface area contributed by atoms with E-state index in [2.05, 4.69) is 10.4 Å². The zero-order valence-corrected chi connectivity index (χ0v) is 14.2. The number of amides is 1. The molecule has 0 bridgehead atoms. The van der Waals surface area contributed by atoms with Crippen molar-refractivity contribution in [3.05, 3.63) is 46.2 Å². The van der Waals surface area contributed by atoms with Crippen LogP contribution in [0.3, 0.4) is 0 Å². The second-order valence-corrected chi connectivity index (χ2v) is 6.06. The van der Waals surface area contributed by atoms with Gasteiger partial charge < -0.3 is 5.32 Å². The summed E-state index contributed by atoms with van der Waals surface area (Å²) in [4.78, 5) is 12.3. The highest BCUT2D eigenvalue weighted by atomic mass is 35.5. The van der Waals surface area contributed by atoms with Crippen molar-refractivity contribution >= 4 is 23.2 Å². The number of aryl methyl sites for hydroxylation is 1. The molecule has 2 aromatic rings. The fourth-order valence-corrected chi connectivity index (χ4v) is 2.35. The third-order valence-electron chi connectivity index (χ3n) is 3.69. The largest absolute Gasteiger partial charge is 0.435 e. The highest BCUT2D eigenvalue weighted by Crippen LogP contribution is 2.29. The highest BCUT2D eigenvalue weighted by Gasteiger charge is 2.34. The summed E-state index contributed by atoms with van der Waals surface area (Å²) in [6.45, 7) is 4.97. The van der Waals surface area contributed by atoms with Crippen molar-refractivity contribution in [1.29, 1.82) is 0 Å². The Morgan fingerprint density at radius 2 is 2.04 bits per heavy atom. The van der Waals surface area contributed by atoms with Crippen LogP contribution in [-0.4, -0.2) is 15.7 Å². The van der Waals surface area contributed by atoms with Gasteiger partial charge in [0.1, 0.15) is 0 Å². The topological polar surface area (TPSA) is 46.9 Å². The van der Waals surface area contributed by atoms with Crippen molar-refractivity contribution in [2.45, 2.75) is 33.5 Å². The molecule has 0 aliphatic rings. The van der Waals surface area contributed by atoms with Gasteiger partial charge in [-0.1, -0.05) is 24.6 Å². The van der Waals surface area contributed by atoms with E-state index in [1.807, 2.05) is 0 Å². The third kappa shape index (κ3) is 4.08. The van der Waals surface area contributed by atoms with E-state index in [9.17, 15) is 18.0 Å². The number of hydrogen-bond donors (Lipinski definition) is 1. The number of nitrogens with one attached hydrogen (secondary N) is 1. The van der Waals surface area contributed by atoms with Crippen molar-refractivity contribution in [1.82, 2.24) is 9.78 Å². The molecule has 8 heteroatoms. The summed E-state index contributed by atoms with van der Waals surface area (Å²) in [6.07, 6.45) is -4.50. The Bertz CT molecular complexity index is 756. The van der Waals surface area contributed by atoms with Gasteiger partial charge >= 0.3 is 6.18 Å². The molecule has 1 aromatic carbocycles. The molecule has 1 atom stereocenters. The van der Waals surface area contributed by atoms with E-state index < -0.39 is 17.8 Å². The fraction of sp³-hybridized carbons (Fsp3) is 0.375. The minimum Gasteiger partial charge on any atom is -0.326 e. The summed E-state index contributed by atoms with van der Waals surface area (Å²) < 4.78 is 39.2. The number of carbonyl (C=O) groups is 1. The molecule has 0 saturated heterocycles. The van der Waals surface area contributed by atoms with E-state index in [0.717, 1.165) is 11.6 Å². The third-order valence-corrected chi connectivity index (χ3v) is 4.10. The first-order valence-corrected chi connectivity index (χ1v) is 7.65. The monoisotopic (exact) mass is 359 g/mol. The van der Waals surface area contributed by atoms with Crippen molar-refractivity contribution < 1.29 is 18.0 Å². The second kappa shape index (κ2) is 6.84. The van der Waals surface area contributed by atoms with Crippen LogP contribution in [0.1, 0.15) is 23.9 Å².